The van der Waals surface area contributed by atoms with Gasteiger partial charge in [-0.3, -0.25) is 9.79 Å². The van der Waals surface area contributed by atoms with E-state index in [2.05, 4.69) is 4.99 Å². The summed E-state index contributed by atoms with van der Waals surface area (Å²) in [7, 11) is 0. The Bertz CT molecular complexity index is 372. The number of carbonyl (C=O) groups excluding carboxylic acids is 1. The van der Waals surface area contributed by atoms with Gasteiger partial charge in [0.1, 0.15) is 0 Å². The maximum absolute atomic E-state index is 11.0. The zero-order chi connectivity index (χ0) is 11.8. The molecule has 0 saturated carbocycles. The molecule has 0 unspecified atom stereocenters. The van der Waals surface area contributed by atoms with Crippen LogP contribution in [-0.2, 0) is 9.53 Å². The van der Waals surface area contributed by atoms with Gasteiger partial charge in [-0.15, -0.1) is 0 Å². The second-order valence-electron chi connectivity index (χ2n) is 3.50. The van der Waals surface area contributed by atoms with E-state index in [1.165, 1.54) is 5.56 Å². The molecule has 0 fully saturated rings. The summed E-state index contributed by atoms with van der Waals surface area (Å²) in [5.41, 5.74) is 2.26. The first kappa shape index (κ1) is 12.4. The van der Waals surface area contributed by atoms with Crippen molar-refractivity contribution in [3.63, 3.8) is 0 Å². The highest BCUT2D eigenvalue weighted by Crippen LogP contribution is 2.01. The smallest absolute Gasteiger partial charge is 0.307 e. The predicted octanol–water partition coefficient (Wildman–Crippen LogP) is 2.37. The quantitative estimate of drug-likeness (QED) is 0.563. The van der Waals surface area contributed by atoms with E-state index in [1.54, 1.807) is 13.1 Å². The molecule has 0 heterocycles. The summed E-state index contributed by atoms with van der Waals surface area (Å²) in [5.74, 6) is -0.191. The van der Waals surface area contributed by atoms with Crippen molar-refractivity contribution in [2.75, 3.05) is 13.2 Å². The molecule has 1 aromatic rings. The van der Waals surface area contributed by atoms with Crippen LogP contribution in [0.1, 0.15) is 24.5 Å². The zero-order valence-corrected chi connectivity index (χ0v) is 9.77. The molecule has 0 aliphatic rings. The Labute approximate surface area is 96.2 Å². The van der Waals surface area contributed by atoms with Crippen molar-refractivity contribution in [2.45, 2.75) is 20.3 Å². The Morgan fingerprint density at radius 1 is 1.50 bits per heavy atom. The lowest BCUT2D eigenvalue weighted by Crippen LogP contribution is -2.05. The molecule has 0 bridgehead atoms. The van der Waals surface area contributed by atoms with Gasteiger partial charge >= 0.3 is 5.97 Å². The minimum atomic E-state index is -0.191. The molecule has 0 N–H and O–H groups in total. The van der Waals surface area contributed by atoms with Crippen LogP contribution in [0.25, 0.3) is 0 Å². The van der Waals surface area contributed by atoms with Crippen molar-refractivity contribution in [1.82, 2.24) is 0 Å². The number of nitrogens with zero attached hydrogens (tertiary/aromatic N) is 1. The highest BCUT2D eigenvalue weighted by Gasteiger charge is 1.98. The lowest BCUT2D eigenvalue weighted by Gasteiger charge is -1.98. The Balaban J connectivity index is 2.35. The molecule has 0 aromatic heterocycles. The SMILES string of the molecule is CCOC(=O)CCN=Cc1cccc(C)c1. The van der Waals surface area contributed by atoms with Gasteiger partial charge < -0.3 is 4.74 Å². The van der Waals surface area contributed by atoms with Crippen molar-refractivity contribution in [2.24, 2.45) is 4.99 Å². The van der Waals surface area contributed by atoms with Crippen molar-refractivity contribution in [3.8, 4) is 0 Å². The molecule has 3 heteroatoms. The van der Waals surface area contributed by atoms with Crippen molar-refractivity contribution < 1.29 is 9.53 Å². The van der Waals surface area contributed by atoms with Gasteiger partial charge in [0.15, 0.2) is 0 Å². The fourth-order valence-corrected chi connectivity index (χ4v) is 1.31. The minimum absolute atomic E-state index is 0.191. The summed E-state index contributed by atoms with van der Waals surface area (Å²) in [6.07, 6.45) is 2.13. The first-order chi connectivity index (χ1) is 7.72. The van der Waals surface area contributed by atoms with Crippen LogP contribution in [0.5, 0.6) is 0 Å². The largest absolute Gasteiger partial charge is 0.466 e. The first-order valence-electron chi connectivity index (χ1n) is 5.44. The number of hydrogen-bond acceptors (Lipinski definition) is 3. The summed E-state index contributed by atoms with van der Waals surface area (Å²) in [6.45, 7) is 4.75. The molecule has 0 aliphatic carbocycles. The lowest BCUT2D eigenvalue weighted by atomic mass is 10.1. The third kappa shape index (κ3) is 4.73. The molecule has 0 radical (unpaired) electrons. The average molecular weight is 219 g/mol. The van der Waals surface area contributed by atoms with E-state index in [9.17, 15) is 4.79 Å². The fraction of sp³-hybridized carbons (Fsp3) is 0.385. The van der Waals surface area contributed by atoms with Gasteiger partial charge in [-0.2, -0.15) is 0 Å². The second kappa shape index (κ2) is 6.77. The predicted molar refractivity (Wildman–Crippen MR) is 64.9 cm³/mol. The second-order valence-corrected chi connectivity index (χ2v) is 3.50. The topological polar surface area (TPSA) is 38.7 Å². The minimum Gasteiger partial charge on any atom is -0.466 e. The monoisotopic (exact) mass is 219 g/mol. The average Bonchev–Trinajstić information content (AvgIpc) is 2.25. The number of hydrogen-bond donors (Lipinski definition) is 0. The van der Waals surface area contributed by atoms with E-state index in [1.807, 2.05) is 31.2 Å². The first-order valence-corrected chi connectivity index (χ1v) is 5.44. The van der Waals surface area contributed by atoms with Crippen LogP contribution in [0.15, 0.2) is 29.3 Å². The summed E-state index contributed by atoms with van der Waals surface area (Å²) < 4.78 is 4.80. The molecule has 0 atom stereocenters. The highest BCUT2D eigenvalue weighted by atomic mass is 16.5. The molecular formula is C13H17NO2. The number of ether oxygens (including phenoxy) is 1. The number of aliphatic imine (C=N–C) groups is 1. The molecule has 0 spiro atoms. The number of benzene rings is 1. The Morgan fingerprint density at radius 2 is 2.31 bits per heavy atom. The maximum atomic E-state index is 11.0. The number of esters is 1. The summed E-state index contributed by atoms with van der Waals surface area (Å²) >= 11 is 0. The van der Waals surface area contributed by atoms with Crippen LogP contribution in [0.4, 0.5) is 0 Å². The van der Waals surface area contributed by atoms with E-state index >= 15 is 0 Å². The molecule has 1 rings (SSSR count). The van der Waals surface area contributed by atoms with Crippen LogP contribution in [0, 0.1) is 6.92 Å². The van der Waals surface area contributed by atoms with E-state index in [0.29, 0.717) is 19.6 Å². The molecule has 16 heavy (non-hydrogen) atoms. The Morgan fingerprint density at radius 3 is 3.00 bits per heavy atom. The Hall–Kier alpha value is -1.64. The normalized spacial score (nSPS) is 10.6. The van der Waals surface area contributed by atoms with Gasteiger partial charge in [0.2, 0.25) is 0 Å². The van der Waals surface area contributed by atoms with E-state index < -0.39 is 0 Å². The third-order valence-electron chi connectivity index (χ3n) is 2.03. The number of rotatable bonds is 5. The third-order valence-corrected chi connectivity index (χ3v) is 2.03. The molecule has 0 saturated heterocycles. The van der Waals surface area contributed by atoms with Gasteiger partial charge in [0, 0.05) is 12.8 Å². The van der Waals surface area contributed by atoms with Gasteiger partial charge in [0.25, 0.3) is 0 Å². The molecule has 86 valence electrons. The van der Waals surface area contributed by atoms with Gasteiger partial charge in [-0.05, 0) is 19.4 Å². The van der Waals surface area contributed by atoms with Crippen molar-refractivity contribution in [1.29, 1.82) is 0 Å². The lowest BCUT2D eigenvalue weighted by molar-refractivity contribution is -0.142. The van der Waals surface area contributed by atoms with Crippen molar-refractivity contribution >= 4 is 12.2 Å². The van der Waals surface area contributed by atoms with Crippen LogP contribution < -0.4 is 0 Å². The zero-order valence-electron chi connectivity index (χ0n) is 9.77. The molecule has 1 aromatic carbocycles. The fourth-order valence-electron chi connectivity index (χ4n) is 1.31. The van der Waals surface area contributed by atoms with E-state index in [-0.39, 0.29) is 5.97 Å². The van der Waals surface area contributed by atoms with Crippen LogP contribution in [0.2, 0.25) is 0 Å². The van der Waals surface area contributed by atoms with Crippen LogP contribution in [0.3, 0.4) is 0 Å². The van der Waals surface area contributed by atoms with E-state index in [4.69, 9.17) is 4.74 Å². The van der Waals surface area contributed by atoms with Crippen LogP contribution >= 0.6 is 0 Å². The molecule has 0 amide bonds. The van der Waals surface area contributed by atoms with Gasteiger partial charge in [-0.1, -0.05) is 29.8 Å². The standard InChI is InChI=1S/C13H17NO2/c1-3-16-13(15)7-8-14-10-12-6-4-5-11(2)9-12/h4-6,9-10H,3,7-8H2,1-2H3. The Kier molecular flexibility index (Phi) is 5.26. The number of carbonyl (C=O) groups is 1. The van der Waals surface area contributed by atoms with Gasteiger partial charge in [0.05, 0.1) is 13.0 Å². The maximum Gasteiger partial charge on any atom is 0.307 e. The summed E-state index contributed by atoms with van der Waals surface area (Å²) in [5, 5.41) is 0. The summed E-state index contributed by atoms with van der Waals surface area (Å²) in [6, 6.07) is 8.06. The van der Waals surface area contributed by atoms with Gasteiger partial charge in [-0.25, -0.2) is 0 Å². The van der Waals surface area contributed by atoms with Crippen molar-refractivity contribution in [3.05, 3.63) is 35.4 Å². The molecule has 3 nitrogen and oxygen atoms in total. The highest BCUT2D eigenvalue weighted by molar-refractivity contribution is 5.80. The number of aryl methyl sites for hydroxylation is 1. The van der Waals surface area contributed by atoms with Crippen LogP contribution in [-0.4, -0.2) is 25.3 Å². The molecular weight excluding hydrogens is 202 g/mol. The molecule has 0 aliphatic heterocycles. The summed E-state index contributed by atoms with van der Waals surface area (Å²) in [4.78, 5) is 15.2. The van der Waals surface area contributed by atoms with E-state index in [0.717, 1.165) is 5.56 Å².